The summed E-state index contributed by atoms with van der Waals surface area (Å²) in [5, 5.41) is 7.44. The summed E-state index contributed by atoms with van der Waals surface area (Å²) in [7, 11) is 7.47. The van der Waals surface area contributed by atoms with E-state index in [-0.39, 0.29) is 29.9 Å². The quantitative estimate of drug-likeness (QED) is 0.343. The van der Waals surface area contributed by atoms with Crippen molar-refractivity contribution in [3.63, 3.8) is 0 Å². The highest BCUT2D eigenvalue weighted by Crippen LogP contribution is 2.35. The lowest BCUT2D eigenvalue weighted by Crippen LogP contribution is -2.45. The Morgan fingerprint density at radius 1 is 1.36 bits per heavy atom. The molecule has 2 rings (SSSR count). The molecule has 2 unspecified atom stereocenters. The maximum atomic E-state index is 11.7. The van der Waals surface area contributed by atoms with Gasteiger partial charge in [-0.2, -0.15) is 0 Å². The number of amides is 1. The number of halogens is 2. The van der Waals surface area contributed by atoms with Gasteiger partial charge >= 0.3 is 0 Å². The van der Waals surface area contributed by atoms with Crippen molar-refractivity contribution in [1.29, 1.82) is 0 Å². The summed E-state index contributed by atoms with van der Waals surface area (Å²) in [5.41, 5.74) is 1.26. The van der Waals surface area contributed by atoms with Crippen molar-refractivity contribution in [3.05, 3.63) is 34.9 Å². The van der Waals surface area contributed by atoms with E-state index in [4.69, 9.17) is 11.6 Å². The normalized spacial score (nSPS) is 20.2. The molecule has 1 aromatic rings. The van der Waals surface area contributed by atoms with Gasteiger partial charge in [-0.05, 0) is 50.0 Å². The molecule has 1 aliphatic heterocycles. The Hall–Kier alpha value is -1.06. The van der Waals surface area contributed by atoms with Crippen molar-refractivity contribution in [2.24, 2.45) is 10.9 Å². The molecule has 158 valence electrons. The predicted molar refractivity (Wildman–Crippen MR) is 128 cm³/mol. The van der Waals surface area contributed by atoms with E-state index >= 15 is 0 Å². The molecule has 0 radical (unpaired) electrons. The number of nitrogens with one attached hydrogen (secondary N) is 2. The SMILES string of the molecule is CN=C(NCCC(=O)N(C)C)NCC1CCCN(C)C1c1cccc(Cl)c1.I. The minimum Gasteiger partial charge on any atom is -0.356 e. The molecule has 1 heterocycles. The second kappa shape index (κ2) is 12.5. The van der Waals surface area contributed by atoms with Crippen LogP contribution in [0.3, 0.4) is 0 Å². The fourth-order valence-corrected chi connectivity index (χ4v) is 3.85. The van der Waals surface area contributed by atoms with E-state index in [1.807, 2.05) is 12.1 Å². The Morgan fingerprint density at radius 3 is 2.75 bits per heavy atom. The van der Waals surface area contributed by atoms with Crippen LogP contribution in [0.5, 0.6) is 0 Å². The van der Waals surface area contributed by atoms with Crippen LogP contribution >= 0.6 is 35.6 Å². The van der Waals surface area contributed by atoms with Crippen LogP contribution in [-0.2, 0) is 4.79 Å². The lowest BCUT2D eigenvalue weighted by molar-refractivity contribution is -0.128. The number of hydrogen-bond donors (Lipinski definition) is 2. The fourth-order valence-electron chi connectivity index (χ4n) is 3.65. The molecule has 0 spiro atoms. The third kappa shape index (κ3) is 7.40. The van der Waals surface area contributed by atoms with Crippen LogP contribution in [-0.4, -0.2) is 69.5 Å². The van der Waals surface area contributed by atoms with E-state index in [0.29, 0.717) is 24.9 Å². The largest absolute Gasteiger partial charge is 0.356 e. The summed E-state index contributed by atoms with van der Waals surface area (Å²) in [6.45, 7) is 2.48. The molecule has 1 fully saturated rings. The molecular formula is C20H33ClIN5O. The van der Waals surface area contributed by atoms with Gasteiger partial charge in [0.15, 0.2) is 5.96 Å². The molecule has 2 N–H and O–H groups in total. The molecule has 0 bridgehead atoms. The summed E-state index contributed by atoms with van der Waals surface area (Å²) in [6, 6.07) is 8.50. The predicted octanol–water partition coefficient (Wildman–Crippen LogP) is 2.98. The van der Waals surface area contributed by atoms with Gasteiger partial charge in [0.1, 0.15) is 0 Å². The topological polar surface area (TPSA) is 60.0 Å². The minimum atomic E-state index is 0. The Labute approximate surface area is 191 Å². The first-order valence-corrected chi connectivity index (χ1v) is 9.90. The zero-order valence-corrected chi connectivity index (χ0v) is 20.3. The molecule has 1 amide bonds. The van der Waals surface area contributed by atoms with Crippen LogP contribution in [0.1, 0.15) is 30.9 Å². The van der Waals surface area contributed by atoms with Crippen molar-refractivity contribution in [3.8, 4) is 0 Å². The van der Waals surface area contributed by atoms with Crippen LogP contribution in [0, 0.1) is 5.92 Å². The Bertz CT molecular complexity index is 655. The first kappa shape index (κ1) is 25.0. The van der Waals surface area contributed by atoms with Gasteiger partial charge < -0.3 is 15.5 Å². The number of aliphatic imine (C=N–C) groups is 1. The van der Waals surface area contributed by atoms with Crippen LogP contribution in [0.2, 0.25) is 5.02 Å². The highest BCUT2D eigenvalue weighted by atomic mass is 127. The van der Waals surface area contributed by atoms with E-state index in [1.54, 1.807) is 26.0 Å². The number of rotatable bonds is 6. The molecule has 0 aliphatic carbocycles. The standard InChI is InChI=1S/C20H32ClN5O.HI/c1-22-20(23-11-10-18(27)25(2)3)24-14-16-8-6-12-26(4)19(16)15-7-5-9-17(21)13-15;/h5,7,9,13,16,19H,6,8,10-12,14H2,1-4H3,(H2,22,23,24);1H. The Kier molecular flexibility index (Phi) is 11.1. The highest BCUT2D eigenvalue weighted by Gasteiger charge is 2.30. The van der Waals surface area contributed by atoms with Crippen LogP contribution in [0.25, 0.3) is 0 Å². The third-order valence-electron chi connectivity index (χ3n) is 5.08. The smallest absolute Gasteiger partial charge is 0.223 e. The highest BCUT2D eigenvalue weighted by molar-refractivity contribution is 14.0. The van der Waals surface area contributed by atoms with Crippen LogP contribution < -0.4 is 10.6 Å². The maximum absolute atomic E-state index is 11.7. The Morgan fingerprint density at radius 2 is 2.11 bits per heavy atom. The van der Waals surface area contributed by atoms with E-state index in [9.17, 15) is 4.79 Å². The second-order valence-corrected chi connectivity index (χ2v) is 7.74. The first-order chi connectivity index (χ1) is 12.9. The fraction of sp³-hybridized carbons (Fsp3) is 0.600. The van der Waals surface area contributed by atoms with Crippen molar-refractivity contribution in [2.45, 2.75) is 25.3 Å². The lowest BCUT2D eigenvalue weighted by Gasteiger charge is -2.40. The van der Waals surface area contributed by atoms with Crippen molar-refractivity contribution in [1.82, 2.24) is 20.4 Å². The molecule has 6 nitrogen and oxygen atoms in total. The van der Waals surface area contributed by atoms with Crippen LogP contribution in [0.4, 0.5) is 0 Å². The third-order valence-corrected chi connectivity index (χ3v) is 5.32. The minimum absolute atomic E-state index is 0. The van der Waals surface area contributed by atoms with Crippen molar-refractivity contribution < 1.29 is 4.79 Å². The van der Waals surface area contributed by atoms with Gasteiger partial charge in [0.25, 0.3) is 0 Å². The monoisotopic (exact) mass is 521 g/mol. The zero-order chi connectivity index (χ0) is 19.8. The number of carbonyl (C=O) groups excluding carboxylic acids is 1. The number of hydrogen-bond acceptors (Lipinski definition) is 3. The zero-order valence-electron chi connectivity index (χ0n) is 17.2. The lowest BCUT2D eigenvalue weighted by atomic mass is 9.85. The first-order valence-electron chi connectivity index (χ1n) is 9.52. The summed E-state index contributed by atoms with van der Waals surface area (Å²) in [5.74, 6) is 1.30. The Balaban J connectivity index is 0.00000392. The van der Waals surface area contributed by atoms with Gasteiger partial charge in [0.2, 0.25) is 5.91 Å². The van der Waals surface area contributed by atoms with E-state index < -0.39 is 0 Å². The average molecular weight is 522 g/mol. The number of carbonyl (C=O) groups is 1. The van der Waals surface area contributed by atoms with E-state index in [2.05, 4.69) is 39.7 Å². The van der Waals surface area contributed by atoms with Gasteiger partial charge in [-0.25, -0.2) is 0 Å². The molecule has 0 saturated carbocycles. The molecule has 28 heavy (non-hydrogen) atoms. The number of nitrogens with zero attached hydrogens (tertiary/aromatic N) is 3. The van der Waals surface area contributed by atoms with Crippen molar-refractivity contribution in [2.75, 3.05) is 47.8 Å². The van der Waals surface area contributed by atoms with Gasteiger partial charge in [0, 0.05) is 51.7 Å². The average Bonchev–Trinajstić information content (AvgIpc) is 2.64. The van der Waals surface area contributed by atoms with Crippen LogP contribution in [0.15, 0.2) is 29.3 Å². The molecule has 8 heteroatoms. The summed E-state index contributed by atoms with van der Waals surface area (Å²) in [4.78, 5) is 20.0. The van der Waals surface area contributed by atoms with Gasteiger partial charge in [0.05, 0.1) is 0 Å². The molecule has 1 saturated heterocycles. The number of piperidine rings is 1. The van der Waals surface area contributed by atoms with E-state index in [0.717, 1.165) is 30.5 Å². The maximum Gasteiger partial charge on any atom is 0.223 e. The molecule has 1 aliphatic rings. The molecule has 2 atom stereocenters. The van der Waals surface area contributed by atoms with Crippen molar-refractivity contribution >= 4 is 47.4 Å². The summed E-state index contributed by atoms with van der Waals surface area (Å²) in [6.07, 6.45) is 2.79. The molecular weight excluding hydrogens is 489 g/mol. The summed E-state index contributed by atoms with van der Waals surface area (Å²) >= 11 is 6.22. The number of guanidine groups is 1. The van der Waals surface area contributed by atoms with Gasteiger partial charge in [-0.1, -0.05) is 23.7 Å². The molecule has 1 aromatic carbocycles. The summed E-state index contributed by atoms with van der Waals surface area (Å²) < 4.78 is 0. The number of likely N-dealkylation sites (tertiary alicyclic amines) is 1. The van der Waals surface area contributed by atoms with Gasteiger partial charge in [-0.3, -0.25) is 14.7 Å². The number of benzene rings is 1. The molecule has 0 aromatic heterocycles. The van der Waals surface area contributed by atoms with E-state index in [1.165, 1.54) is 12.0 Å². The van der Waals surface area contributed by atoms with Gasteiger partial charge in [-0.15, -0.1) is 24.0 Å². The second-order valence-electron chi connectivity index (χ2n) is 7.30.